The van der Waals surface area contributed by atoms with Gasteiger partial charge in [-0.25, -0.2) is 24.9 Å². The maximum absolute atomic E-state index is 6.23. The molecule has 49 heavy (non-hydrogen) atoms. The van der Waals surface area contributed by atoms with Gasteiger partial charge >= 0.3 is 0 Å². The maximum Gasteiger partial charge on any atom is 0.227 e. The summed E-state index contributed by atoms with van der Waals surface area (Å²) in [5.74, 6) is 2.62. The summed E-state index contributed by atoms with van der Waals surface area (Å²) in [5.41, 5.74) is 7.01. The van der Waals surface area contributed by atoms with Crippen molar-refractivity contribution in [3.63, 3.8) is 0 Å². The number of oxazole rings is 2. The van der Waals surface area contributed by atoms with Crippen LogP contribution in [0.3, 0.4) is 0 Å². The molecule has 7 nitrogen and oxygen atoms in total. The normalized spacial score (nSPS) is 11.7. The molecule has 0 saturated carbocycles. The van der Waals surface area contributed by atoms with Gasteiger partial charge in [-0.05, 0) is 66.7 Å². The molecule has 0 spiro atoms. The van der Waals surface area contributed by atoms with Crippen molar-refractivity contribution in [2.75, 3.05) is 0 Å². The van der Waals surface area contributed by atoms with E-state index in [2.05, 4.69) is 42.5 Å². The highest BCUT2D eigenvalue weighted by Crippen LogP contribution is 2.38. The summed E-state index contributed by atoms with van der Waals surface area (Å²) in [5, 5.41) is 2.40. The summed E-state index contributed by atoms with van der Waals surface area (Å²) in [6.07, 6.45) is 0. The van der Waals surface area contributed by atoms with E-state index < -0.39 is 0 Å². The molecule has 4 aromatic heterocycles. The third kappa shape index (κ3) is 4.85. The lowest BCUT2D eigenvalue weighted by atomic mass is 10.0. The molecule has 0 unspecified atom stereocenters. The number of para-hydroxylation sites is 4. The van der Waals surface area contributed by atoms with Crippen LogP contribution in [0.2, 0.25) is 0 Å². The van der Waals surface area contributed by atoms with Crippen LogP contribution in [0.5, 0.6) is 0 Å². The predicted octanol–water partition coefficient (Wildman–Crippen LogP) is 10.9. The second-order valence-electron chi connectivity index (χ2n) is 11.8. The lowest BCUT2D eigenvalue weighted by molar-refractivity contribution is 0.617. The third-order valence-corrected chi connectivity index (χ3v) is 9.73. The van der Waals surface area contributed by atoms with Crippen molar-refractivity contribution in [2.45, 2.75) is 0 Å². The van der Waals surface area contributed by atoms with Crippen LogP contribution < -0.4 is 0 Å². The fraction of sp³-hybridized carbons (Fsp3) is 0. The molecule has 230 valence electrons. The zero-order chi connectivity index (χ0) is 32.3. The van der Waals surface area contributed by atoms with Crippen molar-refractivity contribution < 1.29 is 8.83 Å². The van der Waals surface area contributed by atoms with Crippen molar-refractivity contribution >= 4 is 53.7 Å². The number of hydrogen-bond acceptors (Lipinski definition) is 8. The van der Waals surface area contributed by atoms with Crippen LogP contribution in [-0.4, -0.2) is 24.9 Å². The Bertz CT molecular complexity index is 2700. The molecular weight excluding hydrogens is 627 g/mol. The Hall–Kier alpha value is -6.51. The van der Waals surface area contributed by atoms with Gasteiger partial charge in [0.2, 0.25) is 11.8 Å². The largest absolute Gasteiger partial charge is 0.436 e. The Balaban J connectivity index is 1.20. The van der Waals surface area contributed by atoms with Crippen LogP contribution in [-0.2, 0) is 0 Å². The molecule has 0 N–H and O–H groups in total. The molecular formula is C41H23N5O2S. The van der Waals surface area contributed by atoms with Crippen LogP contribution in [0, 0.1) is 0 Å². The molecule has 0 aliphatic carbocycles. The van der Waals surface area contributed by atoms with E-state index in [-0.39, 0.29) is 0 Å². The van der Waals surface area contributed by atoms with E-state index in [1.807, 2.05) is 97.1 Å². The summed E-state index contributed by atoms with van der Waals surface area (Å²) in [6.45, 7) is 0. The third-order valence-electron chi connectivity index (χ3n) is 8.58. The van der Waals surface area contributed by atoms with E-state index >= 15 is 0 Å². The Labute approximate surface area is 283 Å². The van der Waals surface area contributed by atoms with Gasteiger partial charge in [0, 0.05) is 48.0 Å². The number of fused-ring (bicyclic) bond motifs is 5. The SMILES string of the molecule is c1ccc(-c2nc(-c3cc(-c4nc5ccccc5o4)cc(-c4nc5ccccc5o4)c3)nc(-c3ccc4sc5ccccc5c4c3)n2)cc1. The first-order valence-corrected chi connectivity index (χ1v) is 16.6. The van der Waals surface area contributed by atoms with Gasteiger partial charge in [-0.2, -0.15) is 0 Å². The molecule has 0 atom stereocenters. The quantitative estimate of drug-likeness (QED) is 0.183. The Kier molecular flexibility index (Phi) is 6.22. The van der Waals surface area contributed by atoms with Crippen LogP contribution in [0.15, 0.2) is 148 Å². The fourth-order valence-electron chi connectivity index (χ4n) is 6.21. The molecule has 0 fully saturated rings. The summed E-state index contributed by atoms with van der Waals surface area (Å²) in [6, 6.07) is 46.3. The smallest absolute Gasteiger partial charge is 0.227 e. The highest BCUT2D eigenvalue weighted by Gasteiger charge is 2.19. The van der Waals surface area contributed by atoms with Crippen molar-refractivity contribution in [1.29, 1.82) is 0 Å². The summed E-state index contributed by atoms with van der Waals surface area (Å²) in [4.78, 5) is 24.8. The van der Waals surface area contributed by atoms with Crippen molar-refractivity contribution in [3.05, 3.63) is 140 Å². The summed E-state index contributed by atoms with van der Waals surface area (Å²) < 4.78 is 14.9. The molecule has 10 rings (SSSR count). The lowest BCUT2D eigenvalue weighted by Crippen LogP contribution is -2.00. The van der Waals surface area contributed by atoms with E-state index in [4.69, 9.17) is 33.8 Å². The molecule has 8 heteroatoms. The number of benzene rings is 6. The van der Waals surface area contributed by atoms with Crippen LogP contribution >= 0.6 is 11.3 Å². The number of aromatic nitrogens is 5. The first-order chi connectivity index (χ1) is 24.2. The van der Waals surface area contributed by atoms with E-state index in [0.29, 0.717) is 40.4 Å². The van der Waals surface area contributed by atoms with Gasteiger partial charge in [0.05, 0.1) is 0 Å². The number of rotatable bonds is 5. The maximum atomic E-state index is 6.23. The summed E-state index contributed by atoms with van der Waals surface area (Å²) in [7, 11) is 0. The molecule has 4 heterocycles. The number of nitrogens with zero attached hydrogens (tertiary/aromatic N) is 5. The Morgan fingerprint density at radius 3 is 1.57 bits per heavy atom. The van der Waals surface area contributed by atoms with Gasteiger partial charge in [-0.15, -0.1) is 11.3 Å². The minimum absolute atomic E-state index is 0.479. The number of thiophene rings is 1. The Morgan fingerprint density at radius 1 is 0.367 bits per heavy atom. The van der Waals surface area contributed by atoms with E-state index in [1.54, 1.807) is 11.3 Å². The van der Waals surface area contributed by atoms with Gasteiger partial charge in [-0.1, -0.05) is 72.8 Å². The minimum atomic E-state index is 0.479. The topological polar surface area (TPSA) is 90.7 Å². The monoisotopic (exact) mass is 649 g/mol. The van der Waals surface area contributed by atoms with Gasteiger partial charge < -0.3 is 8.83 Å². The van der Waals surface area contributed by atoms with Gasteiger partial charge in [0.1, 0.15) is 11.0 Å². The molecule has 0 aliphatic rings. The highest BCUT2D eigenvalue weighted by atomic mass is 32.1. The molecule has 0 radical (unpaired) electrons. The predicted molar refractivity (Wildman–Crippen MR) is 195 cm³/mol. The minimum Gasteiger partial charge on any atom is -0.436 e. The molecule has 0 amide bonds. The molecule has 0 aliphatic heterocycles. The van der Waals surface area contributed by atoms with Gasteiger partial charge in [0.15, 0.2) is 28.6 Å². The highest BCUT2D eigenvalue weighted by molar-refractivity contribution is 7.25. The fourth-order valence-corrected chi connectivity index (χ4v) is 7.30. The van der Waals surface area contributed by atoms with Crippen molar-refractivity contribution in [2.24, 2.45) is 0 Å². The average molecular weight is 650 g/mol. The van der Waals surface area contributed by atoms with Crippen LogP contribution in [0.25, 0.3) is 99.4 Å². The van der Waals surface area contributed by atoms with E-state index in [9.17, 15) is 0 Å². The van der Waals surface area contributed by atoms with E-state index in [1.165, 1.54) is 20.2 Å². The molecule has 0 saturated heterocycles. The van der Waals surface area contributed by atoms with Gasteiger partial charge in [0.25, 0.3) is 0 Å². The summed E-state index contributed by atoms with van der Waals surface area (Å²) >= 11 is 1.78. The molecule has 10 aromatic rings. The second kappa shape index (κ2) is 11.0. The molecule has 0 bridgehead atoms. The van der Waals surface area contributed by atoms with Crippen molar-refractivity contribution in [1.82, 2.24) is 24.9 Å². The average Bonchev–Trinajstić information content (AvgIpc) is 3.90. The van der Waals surface area contributed by atoms with Gasteiger partial charge in [-0.3, -0.25) is 0 Å². The first-order valence-electron chi connectivity index (χ1n) is 15.8. The zero-order valence-corrected chi connectivity index (χ0v) is 26.6. The van der Waals surface area contributed by atoms with Crippen LogP contribution in [0.1, 0.15) is 0 Å². The Morgan fingerprint density at radius 2 is 0.898 bits per heavy atom. The lowest BCUT2D eigenvalue weighted by Gasteiger charge is -2.10. The van der Waals surface area contributed by atoms with Crippen LogP contribution in [0.4, 0.5) is 0 Å². The second-order valence-corrected chi connectivity index (χ2v) is 12.8. The first kappa shape index (κ1) is 27.6. The van der Waals surface area contributed by atoms with Crippen molar-refractivity contribution in [3.8, 4) is 57.1 Å². The van der Waals surface area contributed by atoms with E-state index in [0.717, 1.165) is 38.9 Å². The molecule has 6 aromatic carbocycles. The standard InChI is InChI=1S/C41H23N5O2S/c1-2-10-24(11-3-1)37-44-38(25-18-19-36-30(23-25)29-12-4-9-17-35(29)49-36)46-39(45-37)26-20-27(40-42-31-13-5-7-15-33(31)47-40)22-28(21-26)41-43-32-14-6-8-16-34(32)48-41/h1-23H. The zero-order valence-electron chi connectivity index (χ0n) is 25.7. The number of hydrogen-bond donors (Lipinski definition) is 0.